The first kappa shape index (κ1) is 48.2. The molecule has 8 bridgehead atoms. The Bertz CT molecular complexity index is 2320. The summed E-state index contributed by atoms with van der Waals surface area (Å²) >= 11 is 0. The third-order valence-corrected chi connectivity index (χ3v) is 13.6. The number of carbonyl (C=O) groups excluding carboxylic acids is 2. The van der Waals surface area contributed by atoms with Crippen molar-refractivity contribution in [2.75, 3.05) is 13.7 Å². The molecule has 9 nitrogen and oxygen atoms in total. The van der Waals surface area contributed by atoms with Crippen molar-refractivity contribution in [3.63, 3.8) is 0 Å². The number of aliphatic hydroxyl groups excluding tert-OH is 1. The van der Waals surface area contributed by atoms with E-state index < -0.39 is 12.2 Å². The first-order chi connectivity index (χ1) is 28.7. The summed E-state index contributed by atoms with van der Waals surface area (Å²) in [5.41, 5.74) is 11.2. The van der Waals surface area contributed by atoms with Crippen LogP contribution in [0.4, 0.5) is 0 Å². The molecule has 5 heterocycles. The van der Waals surface area contributed by atoms with Crippen LogP contribution in [0.5, 0.6) is 0 Å². The summed E-state index contributed by atoms with van der Waals surface area (Å²) in [4.78, 5) is 43.0. The Morgan fingerprint density at radius 3 is 2.30 bits per heavy atom. The molecule has 1 fully saturated rings. The number of aliphatic hydroxyl groups is 1. The largest absolute Gasteiger partial charge is 2.00 e. The van der Waals surface area contributed by atoms with Gasteiger partial charge < -0.3 is 34.8 Å². The number of hydrogen-bond acceptors (Lipinski definition) is 5. The number of rotatable bonds is 18. The van der Waals surface area contributed by atoms with Gasteiger partial charge in [-0.05, 0) is 88.7 Å². The fraction of sp³-hybridized carbons (Fsp3) is 0.529. The van der Waals surface area contributed by atoms with E-state index in [1.165, 1.54) is 44.8 Å². The molecule has 61 heavy (non-hydrogen) atoms. The molecule has 1 unspecified atom stereocenters. The van der Waals surface area contributed by atoms with Gasteiger partial charge >= 0.3 is 29.0 Å². The fourth-order valence-corrected chi connectivity index (χ4v) is 9.36. The molecule has 10 heteroatoms. The Kier molecular flexibility index (Phi) is 16.6. The van der Waals surface area contributed by atoms with Crippen molar-refractivity contribution < 1.29 is 24.2 Å². The van der Waals surface area contributed by atoms with Crippen LogP contribution in [-0.4, -0.2) is 59.9 Å². The van der Waals surface area contributed by atoms with Gasteiger partial charge in [-0.3, -0.25) is 9.59 Å². The van der Waals surface area contributed by atoms with E-state index in [9.17, 15) is 14.7 Å². The second kappa shape index (κ2) is 21.0. The Morgan fingerprint density at radius 1 is 0.918 bits per heavy atom. The number of carbonyl (C=O) groups is 2. The molecule has 6 rings (SSSR count). The van der Waals surface area contributed by atoms with Crippen LogP contribution in [0.2, 0.25) is 0 Å². The van der Waals surface area contributed by atoms with Crippen LogP contribution in [0.15, 0.2) is 29.6 Å². The van der Waals surface area contributed by atoms with E-state index in [1.807, 2.05) is 44.2 Å². The monoisotopic (exact) mass is 838 g/mol. The van der Waals surface area contributed by atoms with E-state index in [2.05, 4.69) is 55.0 Å². The van der Waals surface area contributed by atoms with Gasteiger partial charge in [0.1, 0.15) is 6.61 Å². The van der Waals surface area contributed by atoms with Gasteiger partial charge in [-0.1, -0.05) is 131 Å². The second-order valence-electron chi connectivity index (χ2n) is 17.7. The number of ketones is 1. The predicted molar refractivity (Wildman–Crippen MR) is 247 cm³/mol. The summed E-state index contributed by atoms with van der Waals surface area (Å²) in [7, 11) is 1.39. The van der Waals surface area contributed by atoms with Gasteiger partial charge in [0.05, 0.1) is 5.92 Å². The van der Waals surface area contributed by atoms with Crippen LogP contribution >= 0.6 is 0 Å². The third-order valence-electron chi connectivity index (χ3n) is 13.6. The molecule has 0 spiro atoms. The van der Waals surface area contributed by atoms with Crippen LogP contribution in [-0.2, 0) is 20.7 Å². The molecule has 1 aliphatic carbocycles. The third kappa shape index (κ3) is 10.2. The minimum Gasteiger partial charge on any atom is -0.664 e. The van der Waals surface area contributed by atoms with Crippen LogP contribution < -0.4 is 25.7 Å². The van der Waals surface area contributed by atoms with Gasteiger partial charge in [0.15, 0.2) is 12.1 Å². The number of Topliss-reactive ketones (excluding diaryl/α,β-unsaturated/α-hetero) is 1. The van der Waals surface area contributed by atoms with E-state index in [-0.39, 0.29) is 59.7 Å². The molecular weight excluding hydrogens is 773 g/mol. The van der Waals surface area contributed by atoms with Gasteiger partial charge in [0.25, 0.3) is 0 Å². The van der Waals surface area contributed by atoms with Crippen molar-refractivity contribution in [3.05, 3.63) is 102 Å². The Morgan fingerprint density at radius 2 is 1.61 bits per heavy atom. The average Bonchev–Trinajstić information content (AvgIpc) is 3.97. The van der Waals surface area contributed by atoms with Crippen LogP contribution in [0.3, 0.4) is 0 Å². The van der Waals surface area contributed by atoms with E-state index in [1.54, 1.807) is 0 Å². The molecule has 0 amide bonds. The smallest absolute Gasteiger partial charge is 0.664 e. The SMILES string of the molecule is C=Cc1c2[n-]c(c1C)/C=C1\[N-]/C(=C3\c4[n-]c(c(C)c4C(=O)[C@@H]3C(O)OC)/C=c3\[n-]/c(c(C)c3CC)=C\2)[C@@H](CCC(=O)OC/C=C(/C)CCC[C@H](C)CCC[C@H](C)CC)[C@@H]1C.[Mg+2]. The predicted octanol–water partition coefficient (Wildman–Crippen LogP) is 8.74. The van der Waals surface area contributed by atoms with Crippen LogP contribution in [0, 0.1) is 50.4 Å². The minimum atomic E-state index is -1.41. The molecule has 0 saturated carbocycles. The summed E-state index contributed by atoms with van der Waals surface area (Å²) in [6.45, 7) is 23.7. The number of esters is 1. The molecule has 0 radical (unpaired) electrons. The number of methoxy groups -OCH3 is 1. The van der Waals surface area contributed by atoms with Crippen molar-refractivity contribution in [2.24, 2.45) is 29.6 Å². The van der Waals surface area contributed by atoms with E-state index in [0.29, 0.717) is 34.6 Å². The maximum absolute atomic E-state index is 14.4. The van der Waals surface area contributed by atoms with Crippen LogP contribution in [0.25, 0.3) is 35.2 Å². The first-order valence-electron chi connectivity index (χ1n) is 22.3. The molecular formula is C51H66MgN4O5-2. The van der Waals surface area contributed by atoms with E-state index in [4.69, 9.17) is 29.7 Å². The summed E-state index contributed by atoms with van der Waals surface area (Å²) in [5.74, 6) is -0.459. The number of allylic oxidation sites excluding steroid dienone is 3. The maximum Gasteiger partial charge on any atom is 2.00 e. The molecule has 1 saturated heterocycles. The van der Waals surface area contributed by atoms with Gasteiger partial charge in [0, 0.05) is 19.1 Å². The summed E-state index contributed by atoms with van der Waals surface area (Å²) in [5, 5.41) is 18.2. The number of hydrogen-bond donors (Lipinski definition) is 1. The van der Waals surface area contributed by atoms with Crippen molar-refractivity contribution in [3.8, 4) is 0 Å². The van der Waals surface area contributed by atoms with Crippen molar-refractivity contribution in [1.29, 1.82) is 0 Å². The Balaban J connectivity index is 0.00000704. The van der Waals surface area contributed by atoms with Crippen molar-refractivity contribution >= 4 is 64.7 Å². The molecule has 324 valence electrons. The molecule has 3 aromatic heterocycles. The summed E-state index contributed by atoms with van der Waals surface area (Å²) in [6, 6.07) is 0. The number of ether oxygens (including phenoxy) is 2. The fourth-order valence-electron chi connectivity index (χ4n) is 9.36. The summed E-state index contributed by atoms with van der Waals surface area (Å²) < 4.78 is 11.2. The summed E-state index contributed by atoms with van der Waals surface area (Å²) in [6.07, 6.45) is 18.3. The van der Waals surface area contributed by atoms with E-state index in [0.717, 1.165) is 86.7 Å². The Labute approximate surface area is 379 Å². The van der Waals surface area contributed by atoms with Gasteiger partial charge in [0.2, 0.25) is 0 Å². The average molecular weight is 839 g/mol. The Hall–Kier alpha value is -3.83. The zero-order chi connectivity index (χ0) is 43.4. The zero-order valence-electron chi connectivity index (χ0n) is 38.4. The number of aromatic nitrogens is 3. The van der Waals surface area contributed by atoms with Gasteiger partial charge in [-0.25, -0.2) is 0 Å². The van der Waals surface area contributed by atoms with Crippen LogP contribution in [0.1, 0.15) is 160 Å². The molecule has 3 aliphatic rings. The second-order valence-corrected chi connectivity index (χ2v) is 17.7. The van der Waals surface area contributed by atoms with Crippen molar-refractivity contribution in [1.82, 2.24) is 15.0 Å². The normalized spacial score (nSPS) is 22.9. The zero-order valence-corrected chi connectivity index (χ0v) is 39.8. The molecule has 0 aromatic carbocycles. The maximum atomic E-state index is 14.4. The van der Waals surface area contributed by atoms with E-state index >= 15 is 0 Å². The molecule has 6 atom stereocenters. The van der Waals surface area contributed by atoms with Crippen molar-refractivity contribution in [2.45, 2.75) is 133 Å². The first-order valence-corrected chi connectivity index (χ1v) is 22.3. The molecule has 2 aliphatic heterocycles. The van der Waals surface area contributed by atoms with Gasteiger partial charge in [-0.2, -0.15) is 11.4 Å². The molecule has 1 N–H and O–H groups in total. The molecule has 3 aromatic rings. The quantitative estimate of drug-likeness (QED) is 0.0583. The number of fused-ring (bicyclic) bond motifs is 7. The minimum absolute atomic E-state index is 0. The topological polar surface area (TPSA) is 129 Å². The standard InChI is InChI=1S/C51H67N4O5.Mg/c1-12-28(4)17-15-18-29(5)19-16-20-30(6)23-24-60-44(56)22-21-37-33(9)40-25-38-31(7)35(13-2)42(52-38)26-39-32(8)36(14-3)43(53-39)27-41-34(10)45-49(55-41)46(48(37)54-40)47(50(45)57)51(58)59-11;/h13,23,25-29,33,37,47,51,58H,2,12,14-22,24H2,1,3-11H3,(H-,54,55,57);/q-3;+2/p-1/b30-23-,39-26-,40-25-,43-27-;/t28-,29-,33+,37+,47-,51?;/m1./s1. The number of nitrogens with zero attached hydrogens (tertiary/aromatic N) is 4. The van der Waals surface area contributed by atoms with Gasteiger partial charge in [-0.15, -0.1) is 33.5 Å².